The lowest BCUT2D eigenvalue weighted by atomic mass is 10.3. The Balaban J connectivity index is 1.81. The van der Waals surface area contributed by atoms with Gasteiger partial charge in [0.25, 0.3) is 16.0 Å². The van der Waals surface area contributed by atoms with Crippen molar-refractivity contribution in [1.29, 1.82) is 0 Å². The first-order valence-electron chi connectivity index (χ1n) is 8.51. The van der Waals surface area contributed by atoms with E-state index in [1.165, 1.54) is 6.20 Å². The number of carbonyl (C=O) groups is 1. The predicted octanol–water partition coefficient (Wildman–Crippen LogP) is 1.27. The van der Waals surface area contributed by atoms with Gasteiger partial charge < -0.3 is 5.32 Å². The lowest BCUT2D eigenvalue weighted by Crippen LogP contribution is -2.35. The Morgan fingerprint density at radius 1 is 1.32 bits per heavy atom. The van der Waals surface area contributed by atoms with E-state index in [2.05, 4.69) is 53.9 Å². The zero-order chi connectivity index (χ0) is 20.6. The number of fused-ring (bicyclic) bond motifs is 1. The van der Waals surface area contributed by atoms with Crippen molar-refractivity contribution in [2.75, 3.05) is 39.0 Å². The van der Waals surface area contributed by atoms with Crippen LogP contribution in [0.2, 0.25) is 0 Å². The SMILES string of the molecule is CCN(CC#CCOS(C)(=O)=O)CCNC(=O)c1cnc2cc(I)ccc2n1. The van der Waals surface area contributed by atoms with Crippen molar-refractivity contribution >= 4 is 49.6 Å². The molecule has 0 atom stereocenters. The molecule has 0 aliphatic heterocycles. The molecule has 1 N–H and O–H groups in total. The van der Waals surface area contributed by atoms with Gasteiger partial charge in [-0.3, -0.25) is 18.9 Å². The molecule has 0 fully saturated rings. The maximum Gasteiger partial charge on any atom is 0.271 e. The Labute approximate surface area is 178 Å². The van der Waals surface area contributed by atoms with E-state index in [1.807, 2.05) is 30.0 Å². The second kappa shape index (κ2) is 10.7. The summed E-state index contributed by atoms with van der Waals surface area (Å²) in [7, 11) is -3.47. The summed E-state index contributed by atoms with van der Waals surface area (Å²) in [4.78, 5) is 22.9. The van der Waals surface area contributed by atoms with Gasteiger partial charge in [-0.15, -0.1) is 0 Å². The summed E-state index contributed by atoms with van der Waals surface area (Å²) in [6.07, 6.45) is 2.45. The van der Waals surface area contributed by atoms with E-state index < -0.39 is 10.1 Å². The van der Waals surface area contributed by atoms with Gasteiger partial charge in [-0.2, -0.15) is 8.42 Å². The molecule has 0 bridgehead atoms. The molecule has 2 rings (SSSR count). The number of carbonyl (C=O) groups excluding carboxylic acids is 1. The molecule has 0 aliphatic rings. The molecule has 8 nitrogen and oxygen atoms in total. The molecule has 28 heavy (non-hydrogen) atoms. The average molecular weight is 516 g/mol. The first-order valence-corrected chi connectivity index (χ1v) is 11.4. The Kier molecular flexibility index (Phi) is 8.56. The second-order valence-corrected chi connectivity index (χ2v) is 8.72. The van der Waals surface area contributed by atoms with E-state index in [4.69, 9.17) is 0 Å². The van der Waals surface area contributed by atoms with Gasteiger partial charge >= 0.3 is 0 Å². The number of hydrogen-bond acceptors (Lipinski definition) is 7. The van der Waals surface area contributed by atoms with Gasteiger partial charge in [0, 0.05) is 16.7 Å². The zero-order valence-electron chi connectivity index (χ0n) is 15.6. The van der Waals surface area contributed by atoms with Gasteiger partial charge in [0.2, 0.25) is 0 Å². The summed E-state index contributed by atoms with van der Waals surface area (Å²) in [5.41, 5.74) is 1.70. The van der Waals surface area contributed by atoms with E-state index in [0.29, 0.717) is 25.2 Å². The minimum atomic E-state index is -3.47. The van der Waals surface area contributed by atoms with Crippen molar-refractivity contribution in [1.82, 2.24) is 20.2 Å². The molecular weight excluding hydrogens is 495 g/mol. The van der Waals surface area contributed by atoms with Gasteiger partial charge in [-0.25, -0.2) is 4.98 Å². The molecular formula is C18H21IN4O4S. The average Bonchev–Trinajstić information content (AvgIpc) is 2.64. The predicted molar refractivity (Wildman–Crippen MR) is 115 cm³/mol. The number of amides is 1. The summed E-state index contributed by atoms with van der Waals surface area (Å²) in [5.74, 6) is 5.23. The summed E-state index contributed by atoms with van der Waals surface area (Å²) < 4.78 is 27.3. The first kappa shape index (κ1) is 22.5. The van der Waals surface area contributed by atoms with Crippen LogP contribution in [-0.2, 0) is 14.3 Å². The van der Waals surface area contributed by atoms with E-state index in [-0.39, 0.29) is 18.2 Å². The molecule has 150 valence electrons. The van der Waals surface area contributed by atoms with Crippen LogP contribution in [0.25, 0.3) is 11.0 Å². The zero-order valence-corrected chi connectivity index (χ0v) is 18.6. The van der Waals surface area contributed by atoms with Crippen molar-refractivity contribution in [3.63, 3.8) is 0 Å². The van der Waals surface area contributed by atoms with Gasteiger partial charge in [-0.05, 0) is 47.3 Å². The number of halogens is 1. The lowest BCUT2D eigenvalue weighted by Gasteiger charge is -2.17. The molecule has 0 saturated heterocycles. The normalized spacial score (nSPS) is 11.3. The minimum Gasteiger partial charge on any atom is -0.349 e. The smallest absolute Gasteiger partial charge is 0.271 e. The third kappa shape index (κ3) is 7.67. The van der Waals surface area contributed by atoms with E-state index in [1.54, 1.807) is 0 Å². The van der Waals surface area contributed by atoms with Crippen molar-refractivity contribution in [2.45, 2.75) is 6.92 Å². The molecule has 1 aromatic carbocycles. The summed E-state index contributed by atoms with van der Waals surface area (Å²) in [5, 5.41) is 2.82. The molecule has 0 spiro atoms. The topological polar surface area (TPSA) is 101 Å². The third-order valence-corrected chi connectivity index (χ3v) is 4.89. The van der Waals surface area contributed by atoms with Gasteiger partial charge in [0.15, 0.2) is 0 Å². The Bertz CT molecular complexity index is 1000. The molecule has 0 aliphatic carbocycles. The number of hydrogen-bond donors (Lipinski definition) is 1. The van der Waals surface area contributed by atoms with E-state index >= 15 is 0 Å². The highest BCUT2D eigenvalue weighted by Gasteiger charge is 2.10. The van der Waals surface area contributed by atoms with Crippen LogP contribution < -0.4 is 5.32 Å². The summed E-state index contributed by atoms with van der Waals surface area (Å²) in [6, 6.07) is 5.66. The number of benzene rings is 1. The standard InChI is InChI=1S/C18H21IN4O4S/c1-3-23(9-4-5-11-27-28(2,25)26)10-8-20-18(24)17-13-21-16-12-14(19)6-7-15(16)22-17/h6-7,12-13H,3,8-11H2,1-2H3,(H,20,24). The highest BCUT2D eigenvalue weighted by molar-refractivity contribution is 14.1. The fourth-order valence-electron chi connectivity index (χ4n) is 2.22. The Hall–Kier alpha value is -1.81. The van der Waals surface area contributed by atoms with Crippen LogP contribution in [-0.4, -0.2) is 68.2 Å². The monoisotopic (exact) mass is 516 g/mol. The number of aromatic nitrogens is 2. The van der Waals surface area contributed by atoms with Crippen molar-refractivity contribution in [3.05, 3.63) is 33.7 Å². The van der Waals surface area contributed by atoms with Crippen LogP contribution in [0.1, 0.15) is 17.4 Å². The van der Waals surface area contributed by atoms with Gasteiger partial charge in [-0.1, -0.05) is 18.8 Å². The van der Waals surface area contributed by atoms with Crippen LogP contribution in [0.4, 0.5) is 0 Å². The molecule has 1 heterocycles. The molecule has 1 aromatic heterocycles. The van der Waals surface area contributed by atoms with E-state index in [0.717, 1.165) is 21.9 Å². The molecule has 0 saturated carbocycles. The third-order valence-electron chi connectivity index (χ3n) is 3.67. The number of rotatable bonds is 8. The number of likely N-dealkylation sites (N-methyl/N-ethyl adjacent to an activating group) is 1. The molecule has 2 aromatic rings. The highest BCUT2D eigenvalue weighted by Crippen LogP contribution is 2.13. The van der Waals surface area contributed by atoms with Gasteiger partial charge in [0.1, 0.15) is 12.3 Å². The molecule has 0 unspecified atom stereocenters. The quantitative estimate of drug-likeness (QED) is 0.321. The maximum absolute atomic E-state index is 12.3. The van der Waals surface area contributed by atoms with Crippen molar-refractivity contribution in [3.8, 4) is 11.8 Å². The fourth-order valence-corrected chi connectivity index (χ4v) is 2.96. The van der Waals surface area contributed by atoms with Crippen molar-refractivity contribution in [2.24, 2.45) is 0 Å². The molecule has 1 amide bonds. The lowest BCUT2D eigenvalue weighted by molar-refractivity contribution is 0.0944. The largest absolute Gasteiger partial charge is 0.349 e. The Morgan fingerprint density at radius 3 is 2.82 bits per heavy atom. The van der Waals surface area contributed by atoms with Crippen LogP contribution in [0.3, 0.4) is 0 Å². The number of nitrogens with one attached hydrogen (secondary N) is 1. The van der Waals surface area contributed by atoms with E-state index in [9.17, 15) is 13.2 Å². The fraction of sp³-hybridized carbons (Fsp3) is 0.389. The number of nitrogens with zero attached hydrogens (tertiary/aromatic N) is 3. The molecule has 10 heteroatoms. The van der Waals surface area contributed by atoms with Crippen LogP contribution >= 0.6 is 22.6 Å². The summed E-state index contributed by atoms with van der Waals surface area (Å²) in [6.45, 7) is 4.04. The maximum atomic E-state index is 12.3. The van der Waals surface area contributed by atoms with Crippen LogP contribution in [0.15, 0.2) is 24.4 Å². The van der Waals surface area contributed by atoms with Crippen LogP contribution in [0, 0.1) is 15.4 Å². The minimum absolute atomic E-state index is 0.160. The molecule has 0 radical (unpaired) electrons. The van der Waals surface area contributed by atoms with Gasteiger partial charge in [0.05, 0.1) is 30.0 Å². The Morgan fingerprint density at radius 2 is 2.11 bits per heavy atom. The van der Waals surface area contributed by atoms with Crippen LogP contribution in [0.5, 0.6) is 0 Å². The second-order valence-electron chi connectivity index (χ2n) is 5.83. The highest BCUT2D eigenvalue weighted by atomic mass is 127. The summed E-state index contributed by atoms with van der Waals surface area (Å²) >= 11 is 2.20. The first-order chi connectivity index (χ1) is 13.3. The van der Waals surface area contributed by atoms with Crippen molar-refractivity contribution < 1.29 is 17.4 Å².